The number of aryl methyl sites for hydroxylation is 1. The first-order chi connectivity index (χ1) is 9.76. The zero-order valence-electron chi connectivity index (χ0n) is 11.8. The van der Waals surface area contributed by atoms with Crippen molar-refractivity contribution in [2.24, 2.45) is 0 Å². The van der Waals surface area contributed by atoms with Gasteiger partial charge in [-0.2, -0.15) is 4.98 Å². The van der Waals surface area contributed by atoms with Crippen molar-refractivity contribution in [2.45, 2.75) is 38.8 Å². The molecule has 0 aromatic carbocycles. The summed E-state index contributed by atoms with van der Waals surface area (Å²) >= 11 is 0. The number of carbonyl (C=O) groups is 1. The molecule has 7 nitrogen and oxygen atoms in total. The molecule has 0 aliphatic carbocycles. The molecule has 2 fully saturated rings. The van der Waals surface area contributed by atoms with Gasteiger partial charge in [-0.25, -0.2) is 4.79 Å². The zero-order valence-corrected chi connectivity index (χ0v) is 11.8. The first kappa shape index (κ1) is 13.4. The van der Waals surface area contributed by atoms with Gasteiger partial charge in [-0.3, -0.25) is 4.90 Å². The molecule has 110 valence electrons. The van der Waals surface area contributed by atoms with E-state index in [0.717, 1.165) is 51.3 Å². The van der Waals surface area contributed by atoms with E-state index in [1.54, 1.807) is 0 Å². The first-order valence-corrected chi connectivity index (χ1v) is 7.34. The van der Waals surface area contributed by atoms with E-state index in [9.17, 15) is 4.79 Å². The van der Waals surface area contributed by atoms with Crippen molar-refractivity contribution in [3.05, 3.63) is 11.7 Å². The van der Waals surface area contributed by atoms with Crippen LogP contribution in [0.5, 0.6) is 0 Å². The maximum atomic E-state index is 11.6. The van der Waals surface area contributed by atoms with Crippen molar-refractivity contribution in [3.63, 3.8) is 0 Å². The van der Waals surface area contributed by atoms with Crippen molar-refractivity contribution in [2.75, 3.05) is 26.2 Å². The molecule has 2 amide bonds. The van der Waals surface area contributed by atoms with E-state index >= 15 is 0 Å². The third-order valence-electron chi connectivity index (χ3n) is 4.07. The summed E-state index contributed by atoms with van der Waals surface area (Å²) in [4.78, 5) is 20.3. The van der Waals surface area contributed by atoms with Gasteiger partial charge in [0, 0.05) is 38.6 Å². The fourth-order valence-corrected chi connectivity index (χ4v) is 2.91. The predicted molar refractivity (Wildman–Crippen MR) is 72.1 cm³/mol. The van der Waals surface area contributed by atoms with Crippen LogP contribution in [0.3, 0.4) is 0 Å². The Hall–Kier alpha value is -1.63. The van der Waals surface area contributed by atoms with Crippen LogP contribution in [0, 0.1) is 0 Å². The highest BCUT2D eigenvalue weighted by Gasteiger charge is 2.30. The number of rotatable bonds is 4. The maximum Gasteiger partial charge on any atom is 0.317 e. The van der Waals surface area contributed by atoms with Gasteiger partial charge >= 0.3 is 6.03 Å². The number of piperidine rings is 1. The number of hydrogen-bond donors (Lipinski definition) is 1. The largest absolute Gasteiger partial charge is 0.338 e. The van der Waals surface area contributed by atoms with E-state index in [2.05, 4.69) is 20.4 Å². The smallest absolute Gasteiger partial charge is 0.317 e. The minimum absolute atomic E-state index is 0.0907. The van der Waals surface area contributed by atoms with E-state index in [-0.39, 0.29) is 6.03 Å². The average Bonchev–Trinajstić information content (AvgIpc) is 3.09. The van der Waals surface area contributed by atoms with Gasteiger partial charge in [0.15, 0.2) is 5.82 Å². The second-order valence-electron chi connectivity index (χ2n) is 5.39. The van der Waals surface area contributed by atoms with Crippen LogP contribution in [0.15, 0.2) is 4.52 Å². The van der Waals surface area contributed by atoms with E-state index < -0.39 is 0 Å². The molecule has 2 aliphatic rings. The summed E-state index contributed by atoms with van der Waals surface area (Å²) in [6.45, 7) is 6.29. The summed E-state index contributed by atoms with van der Waals surface area (Å²) < 4.78 is 5.22. The van der Waals surface area contributed by atoms with Gasteiger partial charge in [-0.15, -0.1) is 0 Å². The SMILES string of the molecule is CCc1noc(CN2CCC(N3CCNC3=O)CC2)n1. The minimum atomic E-state index is 0.0907. The van der Waals surface area contributed by atoms with E-state index in [1.165, 1.54) is 0 Å². The fraction of sp³-hybridized carbons (Fsp3) is 0.769. The van der Waals surface area contributed by atoms with Gasteiger partial charge < -0.3 is 14.7 Å². The molecule has 0 atom stereocenters. The molecular weight excluding hydrogens is 258 g/mol. The lowest BCUT2D eigenvalue weighted by Gasteiger charge is -2.35. The second kappa shape index (κ2) is 5.78. The number of urea groups is 1. The molecule has 2 aliphatic heterocycles. The van der Waals surface area contributed by atoms with Gasteiger partial charge in [0.05, 0.1) is 6.54 Å². The highest BCUT2D eigenvalue weighted by atomic mass is 16.5. The number of amides is 2. The zero-order chi connectivity index (χ0) is 13.9. The van der Waals surface area contributed by atoms with E-state index in [4.69, 9.17) is 4.52 Å². The van der Waals surface area contributed by atoms with Crippen LogP contribution < -0.4 is 5.32 Å². The number of nitrogens with zero attached hydrogens (tertiary/aromatic N) is 4. The van der Waals surface area contributed by atoms with Gasteiger partial charge in [0.1, 0.15) is 0 Å². The Morgan fingerprint density at radius 1 is 1.35 bits per heavy atom. The van der Waals surface area contributed by atoms with Crippen molar-refractivity contribution in [1.82, 2.24) is 25.3 Å². The molecule has 0 spiro atoms. The number of likely N-dealkylation sites (tertiary alicyclic amines) is 1. The van der Waals surface area contributed by atoms with Crippen molar-refractivity contribution in [3.8, 4) is 0 Å². The predicted octanol–water partition coefficient (Wildman–Crippen LogP) is 0.622. The van der Waals surface area contributed by atoms with Crippen LogP contribution in [-0.4, -0.2) is 58.2 Å². The quantitative estimate of drug-likeness (QED) is 0.874. The summed E-state index contributed by atoms with van der Waals surface area (Å²) in [6, 6.07) is 0.468. The summed E-state index contributed by atoms with van der Waals surface area (Å²) in [5.74, 6) is 1.46. The van der Waals surface area contributed by atoms with Gasteiger partial charge in [-0.05, 0) is 12.8 Å². The van der Waals surface area contributed by atoms with E-state index in [1.807, 2.05) is 11.8 Å². The fourth-order valence-electron chi connectivity index (χ4n) is 2.91. The molecule has 0 unspecified atom stereocenters. The topological polar surface area (TPSA) is 74.5 Å². The molecule has 2 saturated heterocycles. The van der Waals surface area contributed by atoms with Crippen LogP contribution in [0.1, 0.15) is 31.5 Å². The van der Waals surface area contributed by atoms with Crippen molar-refractivity contribution in [1.29, 1.82) is 0 Å². The molecule has 7 heteroatoms. The molecule has 20 heavy (non-hydrogen) atoms. The molecule has 3 rings (SSSR count). The number of aromatic nitrogens is 2. The average molecular weight is 279 g/mol. The summed E-state index contributed by atoms with van der Waals surface area (Å²) in [5, 5.41) is 6.78. The highest BCUT2D eigenvalue weighted by molar-refractivity contribution is 5.76. The first-order valence-electron chi connectivity index (χ1n) is 7.34. The third-order valence-corrected chi connectivity index (χ3v) is 4.07. The monoisotopic (exact) mass is 279 g/mol. The van der Waals surface area contributed by atoms with Gasteiger partial charge in [-0.1, -0.05) is 12.1 Å². The third kappa shape index (κ3) is 2.77. The maximum absolute atomic E-state index is 11.6. The Morgan fingerprint density at radius 2 is 2.15 bits per heavy atom. The van der Waals surface area contributed by atoms with Gasteiger partial charge in [0.2, 0.25) is 5.89 Å². The Morgan fingerprint density at radius 3 is 2.75 bits per heavy atom. The van der Waals surface area contributed by atoms with Crippen molar-refractivity contribution < 1.29 is 9.32 Å². The lowest BCUT2D eigenvalue weighted by molar-refractivity contribution is 0.123. The van der Waals surface area contributed by atoms with Crippen LogP contribution in [0.2, 0.25) is 0 Å². The molecule has 1 aromatic rings. The Kier molecular flexibility index (Phi) is 3.86. The minimum Gasteiger partial charge on any atom is -0.338 e. The Balaban J connectivity index is 1.49. The number of hydrogen-bond acceptors (Lipinski definition) is 5. The molecule has 0 bridgehead atoms. The van der Waals surface area contributed by atoms with Crippen LogP contribution in [0.25, 0.3) is 0 Å². The van der Waals surface area contributed by atoms with Gasteiger partial charge in [0.25, 0.3) is 0 Å². The van der Waals surface area contributed by atoms with Crippen molar-refractivity contribution >= 4 is 6.03 Å². The normalized spacial score (nSPS) is 21.4. The summed E-state index contributed by atoms with van der Waals surface area (Å²) in [7, 11) is 0. The Labute approximate surface area is 118 Å². The highest BCUT2D eigenvalue weighted by Crippen LogP contribution is 2.19. The molecule has 1 N–H and O–H groups in total. The lowest BCUT2D eigenvalue weighted by Crippen LogP contribution is -2.45. The Bertz CT molecular complexity index is 467. The molecule has 0 saturated carbocycles. The summed E-state index contributed by atoms with van der Waals surface area (Å²) in [6.07, 6.45) is 2.83. The summed E-state index contributed by atoms with van der Waals surface area (Å²) in [5.41, 5.74) is 0. The molecule has 0 radical (unpaired) electrons. The molecule has 1 aromatic heterocycles. The van der Waals surface area contributed by atoms with Crippen LogP contribution >= 0.6 is 0 Å². The number of nitrogens with one attached hydrogen (secondary N) is 1. The molecule has 3 heterocycles. The molecular formula is C13H21N5O2. The van der Waals surface area contributed by atoms with Crippen LogP contribution in [-0.2, 0) is 13.0 Å². The lowest BCUT2D eigenvalue weighted by atomic mass is 10.0. The second-order valence-corrected chi connectivity index (χ2v) is 5.39. The number of carbonyl (C=O) groups excluding carboxylic acids is 1. The standard InChI is InChI=1S/C13H21N5O2/c1-2-11-15-12(20-16-11)9-17-6-3-10(4-7-17)18-8-5-14-13(18)19/h10H,2-9H2,1H3,(H,14,19). The van der Waals surface area contributed by atoms with Crippen LogP contribution in [0.4, 0.5) is 4.79 Å². The van der Waals surface area contributed by atoms with E-state index in [0.29, 0.717) is 18.5 Å².